The van der Waals surface area contributed by atoms with Crippen LogP contribution in [0.1, 0.15) is 6.92 Å². The first-order chi connectivity index (χ1) is 12.6. The van der Waals surface area contributed by atoms with Crippen LogP contribution >= 0.6 is 0 Å². The van der Waals surface area contributed by atoms with Crippen molar-refractivity contribution in [3.63, 3.8) is 0 Å². The van der Waals surface area contributed by atoms with Gasteiger partial charge < -0.3 is 20.9 Å². The molecule has 1 atom stereocenters. The molecule has 2 aromatic rings. The van der Waals surface area contributed by atoms with Gasteiger partial charge in [-0.2, -0.15) is 4.98 Å². The number of nitrogens with zero attached hydrogens (tertiary/aromatic N) is 2. The standard InChI is InChI=1S/C16H15F3N4O4/c1-7(27-16(21)25)15(24)23(10-4-8(17)3-9(18)5-10)13-12(20)6-11(19)14(22-13)26-2/h3-7H,20H2,1-2H3,(H2,21,25). The number of halogens is 3. The van der Waals surface area contributed by atoms with E-state index in [0.29, 0.717) is 11.0 Å². The van der Waals surface area contributed by atoms with Crippen molar-refractivity contribution >= 4 is 29.2 Å². The second-order valence-corrected chi connectivity index (χ2v) is 5.27. The van der Waals surface area contributed by atoms with Gasteiger partial charge in [-0.1, -0.05) is 0 Å². The summed E-state index contributed by atoms with van der Waals surface area (Å²) in [5, 5.41) is 0. The van der Waals surface area contributed by atoms with Crippen LogP contribution in [0, 0.1) is 17.5 Å². The lowest BCUT2D eigenvalue weighted by molar-refractivity contribution is -0.125. The molecule has 11 heteroatoms. The molecular formula is C16H15F3N4O4. The van der Waals surface area contributed by atoms with Gasteiger partial charge in [0.15, 0.2) is 17.7 Å². The van der Waals surface area contributed by atoms with Crippen molar-refractivity contribution in [2.75, 3.05) is 17.7 Å². The van der Waals surface area contributed by atoms with Gasteiger partial charge in [-0.25, -0.2) is 18.0 Å². The molecule has 0 aliphatic carbocycles. The molecule has 4 N–H and O–H groups in total. The summed E-state index contributed by atoms with van der Waals surface area (Å²) >= 11 is 0. The van der Waals surface area contributed by atoms with Crippen LogP contribution in [0.5, 0.6) is 5.88 Å². The van der Waals surface area contributed by atoms with Crippen molar-refractivity contribution < 1.29 is 32.2 Å². The molecule has 1 aromatic carbocycles. The van der Waals surface area contributed by atoms with Crippen molar-refractivity contribution in [3.05, 3.63) is 41.7 Å². The predicted molar refractivity (Wildman–Crippen MR) is 88.8 cm³/mol. The average molecular weight is 384 g/mol. The van der Waals surface area contributed by atoms with Crippen LogP contribution in [-0.4, -0.2) is 30.2 Å². The number of benzene rings is 1. The average Bonchev–Trinajstić information content (AvgIpc) is 2.55. The number of nitrogens with two attached hydrogens (primary N) is 2. The summed E-state index contributed by atoms with van der Waals surface area (Å²) in [6, 6.07) is 3.03. The summed E-state index contributed by atoms with van der Waals surface area (Å²) < 4.78 is 50.5. The third-order valence-electron chi connectivity index (χ3n) is 3.32. The van der Waals surface area contributed by atoms with E-state index >= 15 is 0 Å². The minimum atomic E-state index is -1.47. The fourth-order valence-electron chi connectivity index (χ4n) is 2.23. The van der Waals surface area contributed by atoms with Crippen molar-refractivity contribution in [1.29, 1.82) is 0 Å². The number of rotatable bonds is 5. The number of nitrogen functional groups attached to an aromatic ring is 1. The molecule has 27 heavy (non-hydrogen) atoms. The van der Waals surface area contributed by atoms with Crippen LogP contribution < -0.4 is 21.1 Å². The first-order valence-electron chi connectivity index (χ1n) is 7.40. The van der Waals surface area contributed by atoms with E-state index in [1.165, 1.54) is 6.92 Å². The molecule has 0 saturated heterocycles. The highest BCUT2D eigenvalue weighted by Gasteiger charge is 2.30. The molecule has 144 valence electrons. The Balaban J connectivity index is 2.66. The maximum absolute atomic E-state index is 13.8. The summed E-state index contributed by atoms with van der Waals surface area (Å²) in [5.41, 5.74) is 9.95. The Morgan fingerprint density at radius 3 is 2.26 bits per heavy atom. The van der Waals surface area contributed by atoms with E-state index < -0.39 is 41.4 Å². The van der Waals surface area contributed by atoms with Crippen molar-refractivity contribution in [2.24, 2.45) is 5.73 Å². The zero-order chi connectivity index (χ0) is 20.3. The first kappa shape index (κ1) is 19.8. The number of primary amides is 1. The smallest absolute Gasteiger partial charge is 0.405 e. The molecule has 0 radical (unpaired) electrons. The van der Waals surface area contributed by atoms with Gasteiger partial charge >= 0.3 is 6.09 Å². The number of carbonyl (C=O) groups is 2. The van der Waals surface area contributed by atoms with Crippen molar-refractivity contribution in [3.8, 4) is 5.88 Å². The topological polar surface area (TPSA) is 121 Å². The summed E-state index contributed by atoms with van der Waals surface area (Å²) in [4.78, 5) is 28.1. The fraction of sp³-hybridized carbons (Fsp3) is 0.188. The van der Waals surface area contributed by atoms with Gasteiger partial charge in [-0.3, -0.25) is 9.69 Å². The molecule has 0 saturated carbocycles. The van der Waals surface area contributed by atoms with E-state index in [2.05, 4.69) is 9.72 Å². The van der Waals surface area contributed by atoms with Crippen LogP contribution in [0.3, 0.4) is 0 Å². The second kappa shape index (κ2) is 7.81. The molecule has 2 amide bonds. The maximum atomic E-state index is 13.8. The summed E-state index contributed by atoms with van der Waals surface area (Å²) in [6.07, 6.45) is -2.72. The van der Waals surface area contributed by atoms with E-state index in [9.17, 15) is 22.8 Å². The molecule has 0 aliphatic heterocycles. The molecule has 1 unspecified atom stereocenters. The van der Waals surface area contributed by atoms with E-state index in [0.717, 1.165) is 25.3 Å². The summed E-state index contributed by atoms with van der Waals surface area (Å²) in [6.45, 7) is 1.17. The van der Waals surface area contributed by atoms with Gasteiger partial charge in [-0.15, -0.1) is 0 Å². The Morgan fingerprint density at radius 2 is 1.74 bits per heavy atom. The zero-order valence-electron chi connectivity index (χ0n) is 14.2. The Labute approximate surface area is 151 Å². The lowest BCUT2D eigenvalue weighted by atomic mass is 10.2. The Hall–Kier alpha value is -3.50. The minimum absolute atomic E-state index is 0.328. The zero-order valence-corrected chi connectivity index (χ0v) is 14.2. The van der Waals surface area contributed by atoms with Crippen LogP contribution in [0.15, 0.2) is 24.3 Å². The number of pyridine rings is 1. The molecule has 0 fully saturated rings. The number of amides is 2. The van der Waals surface area contributed by atoms with Gasteiger partial charge in [-0.05, 0) is 19.1 Å². The number of aromatic nitrogens is 1. The third kappa shape index (κ3) is 4.37. The predicted octanol–water partition coefficient (Wildman–Crippen LogP) is 2.24. The monoisotopic (exact) mass is 384 g/mol. The van der Waals surface area contributed by atoms with Crippen molar-refractivity contribution in [2.45, 2.75) is 13.0 Å². The normalized spacial score (nSPS) is 11.6. The molecule has 0 aliphatic rings. The molecule has 1 heterocycles. The van der Waals surface area contributed by atoms with E-state index in [4.69, 9.17) is 16.2 Å². The maximum Gasteiger partial charge on any atom is 0.405 e. The lowest BCUT2D eigenvalue weighted by Gasteiger charge is -2.26. The lowest BCUT2D eigenvalue weighted by Crippen LogP contribution is -2.39. The Bertz CT molecular complexity index is 874. The van der Waals surface area contributed by atoms with Gasteiger partial charge in [0, 0.05) is 12.1 Å². The number of hydrogen-bond donors (Lipinski definition) is 2. The minimum Gasteiger partial charge on any atom is -0.479 e. The fourth-order valence-corrected chi connectivity index (χ4v) is 2.23. The molecule has 8 nitrogen and oxygen atoms in total. The molecule has 0 spiro atoms. The molecular weight excluding hydrogens is 369 g/mol. The highest BCUT2D eigenvalue weighted by molar-refractivity contribution is 6.04. The van der Waals surface area contributed by atoms with Crippen molar-refractivity contribution in [1.82, 2.24) is 4.98 Å². The largest absolute Gasteiger partial charge is 0.479 e. The number of hydrogen-bond acceptors (Lipinski definition) is 6. The quantitative estimate of drug-likeness (QED) is 0.816. The van der Waals surface area contributed by atoms with Gasteiger partial charge in [0.25, 0.3) is 11.8 Å². The second-order valence-electron chi connectivity index (χ2n) is 5.27. The van der Waals surface area contributed by atoms with Gasteiger partial charge in [0.2, 0.25) is 0 Å². The number of ether oxygens (including phenoxy) is 2. The van der Waals surface area contributed by atoms with Crippen LogP contribution in [-0.2, 0) is 9.53 Å². The highest BCUT2D eigenvalue weighted by atomic mass is 19.1. The first-order valence-corrected chi connectivity index (χ1v) is 7.40. The molecule has 1 aromatic heterocycles. The highest BCUT2D eigenvalue weighted by Crippen LogP contribution is 2.33. The van der Waals surface area contributed by atoms with Crippen LogP contribution in [0.4, 0.5) is 35.2 Å². The summed E-state index contributed by atoms with van der Waals surface area (Å²) in [7, 11) is 1.12. The van der Waals surface area contributed by atoms with E-state index in [-0.39, 0.29) is 17.2 Å². The van der Waals surface area contributed by atoms with Crippen LogP contribution in [0.25, 0.3) is 0 Å². The Kier molecular flexibility index (Phi) is 5.73. The number of anilines is 3. The Morgan fingerprint density at radius 1 is 1.15 bits per heavy atom. The molecule has 0 bridgehead atoms. The summed E-state index contributed by atoms with van der Waals surface area (Å²) in [5.74, 6) is -4.82. The number of methoxy groups -OCH3 is 1. The molecule has 2 rings (SSSR count). The van der Waals surface area contributed by atoms with Crippen LogP contribution in [0.2, 0.25) is 0 Å². The van der Waals surface area contributed by atoms with Gasteiger partial charge in [0.1, 0.15) is 11.6 Å². The SMILES string of the molecule is COc1nc(N(C(=O)C(C)OC(N)=O)c2cc(F)cc(F)c2)c(N)cc1F. The van der Waals surface area contributed by atoms with E-state index in [1.807, 2.05) is 0 Å². The number of carbonyl (C=O) groups excluding carboxylic acids is 2. The third-order valence-corrected chi connectivity index (χ3v) is 3.32. The van der Waals surface area contributed by atoms with E-state index in [1.54, 1.807) is 0 Å². The van der Waals surface area contributed by atoms with Gasteiger partial charge in [0.05, 0.1) is 18.5 Å².